The third-order valence-corrected chi connectivity index (χ3v) is 5.34. The lowest BCUT2D eigenvalue weighted by atomic mass is 10.1. The van der Waals surface area contributed by atoms with Crippen molar-refractivity contribution in [3.8, 4) is 0 Å². The van der Waals surface area contributed by atoms with E-state index in [-0.39, 0.29) is 0 Å². The molecular weight excluding hydrogens is 302 g/mol. The van der Waals surface area contributed by atoms with Crippen molar-refractivity contribution in [1.29, 1.82) is 0 Å². The summed E-state index contributed by atoms with van der Waals surface area (Å²) in [5.41, 5.74) is 1.37. The van der Waals surface area contributed by atoms with E-state index in [0.717, 1.165) is 0 Å². The van der Waals surface area contributed by atoms with Crippen LogP contribution in [0, 0.1) is 0 Å². The van der Waals surface area contributed by atoms with Gasteiger partial charge < -0.3 is 5.32 Å². The molecule has 2 atom stereocenters. The first-order valence-electron chi connectivity index (χ1n) is 5.19. The maximum atomic E-state index is 3.61. The monoisotopic (exact) mass is 315 g/mol. The molecule has 1 N–H and O–H groups in total. The van der Waals surface area contributed by atoms with Crippen molar-refractivity contribution in [3.05, 3.63) is 43.2 Å². The molecule has 0 saturated heterocycles. The number of thiophene rings is 2. The van der Waals surface area contributed by atoms with Crippen LogP contribution in [0.25, 0.3) is 0 Å². The predicted octanol–water partition coefficient (Wildman–Crippen LogP) is 4.98. The summed E-state index contributed by atoms with van der Waals surface area (Å²) in [6.07, 6.45) is 0. The Bertz CT molecular complexity index is 436. The molecule has 2 rings (SSSR count). The SMILES string of the molecule is CC(NC(C)c1sccc1Br)c1ccsc1. The number of rotatable bonds is 4. The molecule has 0 saturated carbocycles. The van der Waals surface area contributed by atoms with Crippen molar-refractivity contribution in [3.63, 3.8) is 0 Å². The van der Waals surface area contributed by atoms with Crippen molar-refractivity contribution in [2.45, 2.75) is 25.9 Å². The second kappa shape index (κ2) is 5.45. The zero-order valence-electron chi connectivity index (χ0n) is 9.24. The molecule has 0 bridgehead atoms. The predicted molar refractivity (Wildman–Crippen MR) is 76.3 cm³/mol. The largest absolute Gasteiger partial charge is 0.303 e. The van der Waals surface area contributed by atoms with Gasteiger partial charge in [-0.3, -0.25) is 0 Å². The third-order valence-electron chi connectivity index (χ3n) is 2.58. The van der Waals surface area contributed by atoms with Gasteiger partial charge in [0.2, 0.25) is 0 Å². The molecule has 2 aromatic heterocycles. The molecule has 0 aliphatic heterocycles. The average Bonchev–Trinajstić information content (AvgIpc) is 2.86. The summed E-state index contributed by atoms with van der Waals surface area (Å²) in [5, 5.41) is 10.1. The summed E-state index contributed by atoms with van der Waals surface area (Å²) in [4.78, 5) is 1.36. The molecule has 0 fully saturated rings. The molecule has 0 aliphatic rings. The van der Waals surface area contributed by atoms with Crippen molar-refractivity contribution >= 4 is 38.6 Å². The van der Waals surface area contributed by atoms with Crippen molar-refractivity contribution in [2.24, 2.45) is 0 Å². The van der Waals surface area contributed by atoms with Gasteiger partial charge in [0.15, 0.2) is 0 Å². The van der Waals surface area contributed by atoms with Crippen LogP contribution in [-0.4, -0.2) is 0 Å². The molecule has 0 radical (unpaired) electrons. The lowest BCUT2D eigenvalue weighted by molar-refractivity contribution is 0.500. The smallest absolute Gasteiger partial charge is 0.0402 e. The Morgan fingerprint density at radius 1 is 1.19 bits per heavy atom. The topological polar surface area (TPSA) is 12.0 Å². The van der Waals surface area contributed by atoms with Gasteiger partial charge in [-0.2, -0.15) is 11.3 Å². The van der Waals surface area contributed by atoms with Gasteiger partial charge in [-0.1, -0.05) is 0 Å². The van der Waals surface area contributed by atoms with Crippen molar-refractivity contribution in [1.82, 2.24) is 5.32 Å². The number of nitrogens with one attached hydrogen (secondary N) is 1. The summed E-state index contributed by atoms with van der Waals surface area (Å²) in [7, 11) is 0. The highest BCUT2D eigenvalue weighted by Crippen LogP contribution is 2.30. The maximum absolute atomic E-state index is 3.61. The van der Waals surface area contributed by atoms with Crippen molar-refractivity contribution < 1.29 is 0 Å². The molecule has 16 heavy (non-hydrogen) atoms. The Balaban J connectivity index is 2.03. The van der Waals surface area contributed by atoms with Gasteiger partial charge in [-0.25, -0.2) is 0 Å². The van der Waals surface area contributed by atoms with E-state index >= 15 is 0 Å². The molecular formula is C12H14BrNS2. The third kappa shape index (κ3) is 2.74. The van der Waals surface area contributed by atoms with E-state index in [9.17, 15) is 0 Å². The lowest BCUT2D eigenvalue weighted by Crippen LogP contribution is -2.21. The standard InChI is InChI=1S/C12H14BrNS2/c1-8(10-3-5-15-7-10)14-9(2)12-11(13)4-6-16-12/h3-9,14H,1-2H3. The first-order chi connectivity index (χ1) is 7.68. The highest BCUT2D eigenvalue weighted by molar-refractivity contribution is 9.10. The first-order valence-corrected chi connectivity index (χ1v) is 7.81. The second-order valence-electron chi connectivity index (χ2n) is 3.80. The fourth-order valence-electron chi connectivity index (χ4n) is 1.68. The van der Waals surface area contributed by atoms with Gasteiger partial charge in [0.1, 0.15) is 0 Å². The Morgan fingerprint density at radius 3 is 2.56 bits per heavy atom. The van der Waals surface area contributed by atoms with Gasteiger partial charge >= 0.3 is 0 Å². The minimum absolute atomic E-state index is 0.379. The van der Waals surface area contributed by atoms with Crippen LogP contribution in [-0.2, 0) is 0 Å². The van der Waals surface area contributed by atoms with Gasteiger partial charge in [0, 0.05) is 21.4 Å². The molecule has 1 nitrogen and oxygen atoms in total. The first kappa shape index (κ1) is 12.3. The Hall–Kier alpha value is -0.160. The van der Waals surface area contributed by atoms with E-state index in [2.05, 4.69) is 63.4 Å². The van der Waals surface area contributed by atoms with Gasteiger partial charge in [-0.05, 0) is 63.6 Å². The van der Waals surface area contributed by atoms with E-state index in [1.807, 2.05) is 0 Å². The molecule has 4 heteroatoms. The van der Waals surface area contributed by atoms with E-state index in [4.69, 9.17) is 0 Å². The molecule has 86 valence electrons. The zero-order chi connectivity index (χ0) is 11.5. The normalized spacial score (nSPS) is 14.9. The van der Waals surface area contributed by atoms with Crippen LogP contribution < -0.4 is 5.32 Å². The summed E-state index contributed by atoms with van der Waals surface area (Å²) < 4.78 is 1.20. The molecule has 0 spiro atoms. The lowest BCUT2D eigenvalue weighted by Gasteiger charge is -2.18. The summed E-state index contributed by atoms with van der Waals surface area (Å²) >= 11 is 7.12. The van der Waals surface area contributed by atoms with Gasteiger partial charge in [-0.15, -0.1) is 11.3 Å². The van der Waals surface area contributed by atoms with Gasteiger partial charge in [0.05, 0.1) is 0 Å². The molecule has 0 aliphatic carbocycles. The minimum Gasteiger partial charge on any atom is -0.303 e. The molecule has 2 heterocycles. The highest BCUT2D eigenvalue weighted by atomic mass is 79.9. The number of hydrogen-bond acceptors (Lipinski definition) is 3. The van der Waals surface area contributed by atoms with Crippen LogP contribution >= 0.6 is 38.6 Å². The Morgan fingerprint density at radius 2 is 2.00 bits per heavy atom. The summed E-state index contributed by atoms with van der Waals surface area (Å²) in [6, 6.07) is 5.06. The molecule has 2 unspecified atom stereocenters. The van der Waals surface area contributed by atoms with Gasteiger partial charge in [0.25, 0.3) is 0 Å². The van der Waals surface area contributed by atoms with Crippen LogP contribution in [0.1, 0.15) is 36.4 Å². The van der Waals surface area contributed by atoms with E-state index in [0.29, 0.717) is 12.1 Å². The minimum atomic E-state index is 0.379. The van der Waals surface area contributed by atoms with Crippen LogP contribution in [0.3, 0.4) is 0 Å². The van der Waals surface area contributed by atoms with Crippen LogP contribution in [0.4, 0.5) is 0 Å². The maximum Gasteiger partial charge on any atom is 0.0402 e. The van der Waals surface area contributed by atoms with Crippen molar-refractivity contribution in [2.75, 3.05) is 0 Å². The molecule has 0 amide bonds. The van der Waals surface area contributed by atoms with E-state index < -0.39 is 0 Å². The Kier molecular flexibility index (Phi) is 4.19. The summed E-state index contributed by atoms with van der Waals surface area (Å²) in [6.45, 7) is 4.42. The molecule has 0 aromatic carbocycles. The number of hydrogen-bond donors (Lipinski definition) is 1. The number of halogens is 1. The Labute approximate surface area is 113 Å². The van der Waals surface area contributed by atoms with Crippen LogP contribution in [0.15, 0.2) is 32.7 Å². The van der Waals surface area contributed by atoms with Crippen LogP contribution in [0.5, 0.6) is 0 Å². The highest BCUT2D eigenvalue weighted by Gasteiger charge is 2.14. The summed E-state index contributed by atoms with van der Waals surface area (Å²) in [5.74, 6) is 0. The molecule has 2 aromatic rings. The fraction of sp³-hybridized carbons (Fsp3) is 0.333. The second-order valence-corrected chi connectivity index (χ2v) is 6.38. The zero-order valence-corrected chi connectivity index (χ0v) is 12.5. The average molecular weight is 316 g/mol. The van der Waals surface area contributed by atoms with E-state index in [1.165, 1.54) is 14.9 Å². The van der Waals surface area contributed by atoms with E-state index in [1.54, 1.807) is 22.7 Å². The van der Waals surface area contributed by atoms with Crippen LogP contribution in [0.2, 0.25) is 0 Å². The quantitative estimate of drug-likeness (QED) is 0.838. The fourth-order valence-corrected chi connectivity index (χ4v) is 4.17.